The van der Waals surface area contributed by atoms with Crippen molar-refractivity contribution in [3.05, 3.63) is 50.9 Å². The number of hydrogen-bond acceptors (Lipinski definition) is 3. The molecule has 1 N–H and O–H groups in total. The molecule has 2 aromatic rings. The summed E-state index contributed by atoms with van der Waals surface area (Å²) in [6, 6.07) is 8.44. The van der Waals surface area contributed by atoms with Crippen molar-refractivity contribution in [3.63, 3.8) is 0 Å². The molecule has 18 heavy (non-hydrogen) atoms. The molecule has 0 saturated heterocycles. The molecule has 1 aromatic heterocycles. The van der Waals surface area contributed by atoms with Crippen LogP contribution in [0.4, 0.5) is 0 Å². The Kier molecular flexibility index (Phi) is 4.75. The van der Waals surface area contributed by atoms with E-state index in [1.807, 2.05) is 25.1 Å². The van der Waals surface area contributed by atoms with Gasteiger partial charge in [0.15, 0.2) is 0 Å². The van der Waals surface area contributed by atoms with Crippen LogP contribution in [0.5, 0.6) is 0 Å². The van der Waals surface area contributed by atoms with Crippen molar-refractivity contribution in [2.75, 3.05) is 0 Å². The highest BCUT2D eigenvalue weighted by Crippen LogP contribution is 2.13. The molecule has 0 radical (unpaired) electrons. The van der Waals surface area contributed by atoms with Crippen LogP contribution in [0.15, 0.2) is 29.6 Å². The smallest absolute Gasteiger partial charge is 0.107 e. The number of halogens is 1. The predicted octanol–water partition coefficient (Wildman–Crippen LogP) is 3.83. The van der Waals surface area contributed by atoms with Gasteiger partial charge in [-0.25, -0.2) is 4.98 Å². The van der Waals surface area contributed by atoms with Gasteiger partial charge in [0.1, 0.15) is 5.01 Å². The van der Waals surface area contributed by atoms with E-state index in [0.29, 0.717) is 6.04 Å². The molecule has 4 heteroatoms. The maximum Gasteiger partial charge on any atom is 0.107 e. The summed E-state index contributed by atoms with van der Waals surface area (Å²) >= 11 is 7.68. The second-order valence-corrected chi connectivity index (χ2v) is 5.88. The molecule has 0 aliphatic rings. The lowest BCUT2D eigenvalue weighted by molar-refractivity contribution is 0.544. The van der Waals surface area contributed by atoms with Gasteiger partial charge in [-0.15, -0.1) is 11.3 Å². The first-order chi connectivity index (χ1) is 8.63. The fraction of sp³-hybridized carbons (Fsp3) is 0.357. The Morgan fingerprint density at radius 3 is 2.94 bits per heavy atom. The molecule has 0 spiro atoms. The molecule has 2 nitrogen and oxygen atoms in total. The van der Waals surface area contributed by atoms with Gasteiger partial charge < -0.3 is 5.32 Å². The molecule has 0 aliphatic heterocycles. The Labute approximate surface area is 117 Å². The molecule has 96 valence electrons. The summed E-state index contributed by atoms with van der Waals surface area (Å²) in [5.74, 6) is 0. The highest BCUT2D eigenvalue weighted by molar-refractivity contribution is 7.09. The number of thiazole rings is 1. The van der Waals surface area contributed by atoms with Crippen molar-refractivity contribution in [1.29, 1.82) is 0 Å². The number of aryl methyl sites for hydroxylation is 1. The third-order valence-corrected chi connectivity index (χ3v) is 3.90. The molecule has 1 unspecified atom stereocenters. The molecule has 1 atom stereocenters. The maximum atomic E-state index is 5.98. The maximum absolute atomic E-state index is 5.98. The Morgan fingerprint density at radius 1 is 1.44 bits per heavy atom. The van der Waals surface area contributed by atoms with Crippen molar-refractivity contribution in [3.8, 4) is 0 Å². The average molecular weight is 281 g/mol. The molecule has 0 aliphatic carbocycles. The van der Waals surface area contributed by atoms with E-state index in [2.05, 4.69) is 28.7 Å². The van der Waals surface area contributed by atoms with Crippen LogP contribution in [-0.4, -0.2) is 11.0 Å². The Morgan fingerprint density at radius 2 is 2.28 bits per heavy atom. The Hall–Kier alpha value is -0.900. The van der Waals surface area contributed by atoms with Crippen LogP contribution in [0.2, 0.25) is 5.02 Å². The summed E-state index contributed by atoms with van der Waals surface area (Å²) in [6.07, 6.45) is 0.977. The van der Waals surface area contributed by atoms with Crippen molar-refractivity contribution in [2.24, 2.45) is 0 Å². The van der Waals surface area contributed by atoms with Crippen LogP contribution >= 0.6 is 22.9 Å². The monoisotopic (exact) mass is 280 g/mol. The number of rotatable bonds is 5. The average Bonchev–Trinajstić information content (AvgIpc) is 2.73. The molecular weight excluding hydrogens is 264 g/mol. The minimum absolute atomic E-state index is 0.410. The molecule has 1 aromatic carbocycles. The summed E-state index contributed by atoms with van der Waals surface area (Å²) in [5, 5.41) is 7.51. The Bertz CT molecular complexity index is 510. The van der Waals surface area contributed by atoms with Gasteiger partial charge in [-0.05, 0) is 38.0 Å². The van der Waals surface area contributed by atoms with Gasteiger partial charge in [0.2, 0.25) is 0 Å². The van der Waals surface area contributed by atoms with Gasteiger partial charge >= 0.3 is 0 Å². The molecule has 0 saturated carbocycles. The van der Waals surface area contributed by atoms with Crippen LogP contribution in [-0.2, 0) is 13.0 Å². The lowest BCUT2D eigenvalue weighted by Crippen LogP contribution is -2.27. The molecule has 0 amide bonds. The molecule has 2 rings (SSSR count). The number of nitrogens with one attached hydrogen (secondary N) is 1. The third-order valence-electron chi connectivity index (χ3n) is 2.70. The highest BCUT2D eigenvalue weighted by Gasteiger charge is 2.05. The number of aromatic nitrogens is 1. The first-order valence-electron chi connectivity index (χ1n) is 6.02. The van der Waals surface area contributed by atoms with Gasteiger partial charge in [-0.1, -0.05) is 23.7 Å². The second kappa shape index (κ2) is 6.32. The summed E-state index contributed by atoms with van der Waals surface area (Å²) in [5.41, 5.74) is 2.36. The summed E-state index contributed by atoms with van der Waals surface area (Å²) in [4.78, 5) is 4.44. The minimum atomic E-state index is 0.410. The normalized spacial score (nSPS) is 12.6. The lowest BCUT2D eigenvalue weighted by atomic mass is 10.1. The third kappa shape index (κ3) is 4.09. The number of benzene rings is 1. The van der Waals surface area contributed by atoms with Crippen LogP contribution in [0, 0.1) is 6.92 Å². The van der Waals surface area contributed by atoms with Crippen molar-refractivity contribution < 1.29 is 0 Å². The van der Waals surface area contributed by atoms with Gasteiger partial charge in [0.25, 0.3) is 0 Å². The van der Waals surface area contributed by atoms with Gasteiger partial charge in [-0.3, -0.25) is 0 Å². The van der Waals surface area contributed by atoms with E-state index in [-0.39, 0.29) is 0 Å². The number of nitrogens with zero attached hydrogens (tertiary/aromatic N) is 1. The summed E-state index contributed by atoms with van der Waals surface area (Å²) < 4.78 is 0. The van der Waals surface area contributed by atoms with Crippen LogP contribution in [0.1, 0.15) is 23.2 Å². The van der Waals surface area contributed by atoms with Crippen LogP contribution < -0.4 is 5.32 Å². The fourth-order valence-corrected chi connectivity index (χ4v) is 2.77. The fourth-order valence-electron chi connectivity index (χ4n) is 1.84. The number of hydrogen-bond donors (Lipinski definition) is 1. The van der Waals surface area contributed by atoms with Crippen LogP contribution in [0.25, 0.3) is 0 Å². The van der Waals surface area contributed by atoms with E-state index < -0.39 is 0 Å². The topological polar surface area (TPSA) is 24.9 Å². The Balaban J connectivity index is 1.83. The zero-order chi connectivity index (χ0) is 13.0. The molecule has 0 bridgehead atoms. The van der Waals surface area contributed by atoms with Gasteiger partial charge in [-0.2, -0.15) is 0 Å². The minimum Gasteiger partial charge on any atom is -0.308 e. The SMILES string of the molecule is Cc1csc(CNC(C)Cc2cccc(Cl)c2)n1. The predicted molar refractivity (Wildman–Crippen MR) is 78.3 cm³/mol. The van der Waals surface area contributed by atoms with E-state index in [4.69, 9.17) is 11.6 Å². The van der Waals surface area contributed by atoms with E-state index in [0.717, 1.165) is 28.7 Å². The highest BCUT2D eigenvalue weighted by atomic mass is 35.5. The summed E-state index contributed by atoms with van der Waals surface area (Å²) in [6.45, 7) is 5.04. The van der Waals surface area contributed by atoms with Crippen LogP contribution in [0.3, 0.4) is 0 Å². The second-order valence-electron chi connectivity index (χ2n) is 4.50. The van der Waals surface area contributed by atoms with Crippen molar-refractivity contribution in [2.45, 2.75) is 32.9 Å². The van der Waals surface area contributed by atoms with Gasteiger partial charge in [0, 0.05) is 28.7 Å². The van der Waals surface area contributed by atoms with E-state index in [9.17, 15) is 0 Å². The first-order valence-corrected chi connectivity index (χ1v) is 7.28. The zero-order valence-electron chi connectivity index (χ0n) is 10.6. The molecular formula is C14H17ClN2S. The van der Waals surface area contributed by atoms with E-state index in [1.54, 1.807) is 11.3 Å². The zero-order valence-corrected chi connectivity index (χ0v) is 12.2. The standard InChI is InChI=1S/C14H17ClN2S/c1-10(6-12-4-3-5-13(15)7-12)16-8-14-17-11(2)9-18-14/h3-5,7,9-10,16H,6,8H2,1-2H3. The van der Waals surface area contributed by atoms with Crippen molar-refractivity contribution in [1.82, 2.24) is 10.3 Å². The van der Waals surface area contributed by atoms with Gasteiger partial charge in [0.05, 0.1) is 0 Å². The molecule has 0 fully saturated rings. The summed E-state index contributed by atoms with van der Waals surface area (Å²) in [7, 11) is 0. The van der Waals surface area contributed by atoms with E-state index in [1.165, 1.54) is 5.56 Å². The molecule has 1 heterocycles. The largest absolute Gasteiger partial charge is 0.308 e. The van der Waals surface area contributed by atoms with Crippen molar-refractivity contribution >= 4 is 22.9 Å². The van der Waals surface area contributed by atoms with E-state index >= 15 is 0 Å². The first kappa shape index (κ1) is 13.5. The quantitative estimate of drug-likeness (QED) is 0.900. The lowest BCUT2D eigenvalue weighted by Gasteiger charge is -2.13.